The van der Waals surface area contributed by atoms with Gasteiger partial charge in [0.15, 0.2) is 5.54 Å². The van der Waals surface area contributed by atoms with Crippen LogP contribution in [-0.2, 0) is 33.1 Å². The number of fused-ring (bicyclic) bond motifs is 1. The van der Waals surface area contributed by atoms with Crippen molar-refractivity contribution in [3.63, 3.8) is 0 Å². The monoisotopic (exact) mass is 495 g/mol. The van der Waals surface area contributed by atoms with E-state index in [1.54, 1.807) is 20.8 Å². The number of hydrogen-bond donors (Lipinski definition) is 0. The maximum Gasteiger partial charge on any atom is 0.457 e. The van der Waals surface area contributed by atoms with E-state index in [4.69, 9.17) is 23.5 Å². The molecule has 0 aromatic heterocycles. The first-order valence-electron chi connectivity index (χ1n) is 12.6. The van der Waals surface area contributed by atoms with Crippen LogP contribution in [0.2, 0.25) is 6.32 Å². The number of likely N-dealkylation sites (tertiary alicyclic amines) is 1. The average Bonchev–Trinajstić information content (AvgIpc) is 3.26. The molecule has 1 amide bonds. The van der Waals surface area contributed by atoms with Crippen molar-refractivity contribution < 1.29 is 37.9 Å². The summed E-state index contributed by atoms with van der Waals surface area (Å²) in [7, 11) is 0.956. The summed E-state index contributed by atoms with van der Waals surface area (Å²) in [5.74, 6) is -0.941. The number of ether oxygens (including phenoxy) is 3. The Balaban J connectivity index is 1.92. The van der Waals surface area contributed by atoms with Crippen molar-refractivity contribution in [2.24, 2.45) is 5.41 Å². The standard InChI is InChI=1S/C25H42BNO8/c1-17(28)32-18-16-27(20(30)33-21(2,3)4)25(19(29)31-9)14-10-12-24(18,25)13-11-15-26-34-22(5,6)23(7,8)35-26/h18H,10-16H2,1-9H3/t18?,24-,25-/m1/s1. The highest BCUT2D eigenvalue weighted by molar-refractivity contribution is 6.45. The normalized spacial score (nSPS) is 31.3. The predicted octanol–water partition coefficient (Wildman–Crippen LogP) is 4.12. The fourth-order valence-corrected chi connectivity index (χ4v) is 6.08. The summed E-state index contributed by atoms with van der Waals surface area (Å²) in [5, 5.41) is 0. The number of esters is 2. The molecular weight excluding hydrogens is 453 g/mol. The summed E-state index contributed by atoms with van der Waals surface area (Å²) in [4.78, 5) is 40.4. The van der Waals surface area contributed by atoms with Gasteiger partial charge in [0.05, 0.1) is 24.9 Å². The largest absolute Gasteiger partial charge is 0.467 e. The van der Waals surface area contributed by atoms with Crippen LogP contribution in [0, 0.1) is 5.41 Å². The first kappa shape index (κ1) is 27.8. The molecule has 2 aliphatic heterocycles. The summed E-state index contributed by atoms with van der Waals surface area (Å²) in [6, 6.07) is 0. The van der Waals surface area contributed by atoms with Gasteiger partial charge in [-0.05, 0) is 80.5 Å². The van der Waals surface area contributed by atoms with Gasteiger partial charge in [-0.2, -0.15) is 0 Å². The quantitative estimate of drug-likeness (QED) is 0.308. The van der Waals surface area contributed by atoms with Crippen molar-refractivity contribution in [3.8, 4) is 0 Å². The van der Waals surface area contributed by atoms with Gasteiger partial charge in [0.25, 0.3) is 0 Å². The fourth-order valence-electron chi connectivity index (χ4n) is 6.08. The smallest absolute Gasteiger partial charge is 0.457 e. The van der Waals surface area contributed by atoms with Gasteiger partial charge in [-0.15, -0.1) is 0 Å². The molecular formula is C25H42BNO8. The molecule has 198 valence electrons. The summed E-state index contributed by atoms with van der Waals surface area (Å²) < 4.78 is 29.1. The second-order valence-corrected chi connectivity index (χ2v) is 12.1. The molecule has 3 atom stereocenters. The Kier molecular flexibility index (Phi) is 7.34. The van der Waals surface area contributed by atoms with Crippen molar-refractivity contribution in [3.05, 3.63) is 0 Å². The third-order valence-electron chi connectivity index (χ3n) is 8.22. The Morgan fingerprint density at radius 3 is 2.17 bits per heavy atom. The van der Waals surface area contributed by atoms with E-state index >= 15 is 0 Å². The second-order valence-electron chi connectivity index (χ2n) is 12.1. The molecule has 9 nitrogen and oxygen atoms in total. The molecule has 1 aliphatic carbocycles. The van der Waals surface area contributed by atoms with Crippen LogP contribution in [-0.4, -0.2) is 72.2 Å². The zero-order valence-corrected chi connectivity index (χ0v) is 22.8. The van der Waals surface area contributed by atoms with Crippen LogP contribution in [0.4, 0.5) is 4.79 Å². The van der Waals surface area contributed by atoms with Gasteiger partial charge in [-0.25, -0.2) is 9.59 Å². The van der Waals surface area contributed by atoms with E-state index in [1.807, 2.05) is 27.7 Å². The van der Waals surface area contributed by atoms with Gasteiger partial charge < -0.3 is 23.5 Å². The minimum atomic E-state index is -1.26. The van der Waals surface area contributed by atoms with E-state index < -0.39 is 51.9 Å². The molecule has 0 aromatic rings. The highest BCUT2D eigenvalue weighted by Gasteiger charge is 2.73. The first-order chi connectivity index (χ1) is 16.0. The minimum absolute atomic E-state index is 0.0834. The van der Waals surface area contributed by atoms with E-state index in [-0.39, 0.29) is 13.7 Å². The van der Waals surface area contributed by atoms with Crippen LogP contribution < -0.4 is 0 Å². The third-order valence-corrected chi connectivity index (χ3v) is 8.22. The highest BCUT2D eigenvalue weighted by atomic mass is 16.7. The zero-order valence-electron chi connectivity index (χ0n) is 22.8. The molecule has 0 bridgehead atoms. The molecule has 2 saturated heterocycles. The third kappa shape index (κ3) is 4.80. The number of carbonyl (C=O) groups is 3. The lowest BCUT2D eigenvalue weighted by Gasteiger charge is -2.43. The Labute approximate surface area is 209 Å². The van der Waals surface area contributed by atoms with E-state index in [0.717, 1.165) is 0 Å². The maximum absolute atomic E-state index is 13.5. The molecule has 35 heavy (non-hydrogen) atoms. The van der Waals surface area contributed by atoms with Gasteiger partial charge in [0.1, 0.15) is 11.7 Å². The minimum Gasteiger partial charge on any atom is -0.467 e. The van der Waals surface area contributed by atoms with Crippen molar-refractivity contribution in [2.75, 3.05) is 13.7 Å². The molecule has 0 spiro atoms. The highest BCUT2D eigenvalue weighted by Crippen LogP contribution is 2.61. The predicted molar refractivity (Wildman–Crippen MR) is 130 cm³/mol. The van der Waals surface area contributed by atoms with E-state index in [9.17, 15) is 14.4 Å². The molecule has 0 N–H and O–H groups in total. The van der Waals surface area contributed by atoms with E-state index in [2.05, 4.69) is 0 Å². The lowest BCUT2D eigenvalue weighted by atomic mass is 9.66. The Hall–Kier alpha value is -1.81. The Bertz CT molecular complexity index is 837. The SMILES string of the molecule is COC(=O)[C@]12CCC[C@@]1(CCCB1OC(C)(C)C(C)(C)O1)C(OC(C)=O)CN2C(=O)OC(C)(C)C. The van der Waals surface area contributed by atoms with Crippen molar-refractivity contribution in [1.82, 2.24) is 4.90 Å². The number of methoxy groups -OCH3 is 1. The Morgan fingerprint density at radius 2 is 1.66 bits per heavy atom. The fraction of sp³-hybridized carbons (Fsp3) is 0.880. The molecule has 2 heterocycles. The van der Waals surface area contributed by atoms with Crippen molar-refractivity contribution in [2.45, 2.75) is 122 Å². The van der Waals surface area contributed by atoms with Gasteiger partial charge in [0, 0.05) is 12.3 Å². The summed E-state index contributed by atoms with van der Waals surface area (Å²) in [6.45, 7) is 14.8. The first-order valence-corrected chi connectivity index (χ1v) is 12.6. The summed E-state index contributed by atoms with van der Waals surface area (Å²) in [5.41, 5.74) is -3.65. The Morgan fingerprint density at radius 1 is 1.06 bits per heavy atom. The van der Waals surface area contributed by atoms with Crippen LogP contribution >= 0.6 is 0 Å². The maximum atomic E-state index is 13.5. The summed E-state index contributed by atoms with van der Waals surface area (Å²) >= 11 is 0. The van der Waals surface area contributed by atoms with Gasteiger partial charge >= 0.3 is 25.2 Å². The topological polar surface area (TPSA) is 101 Å². The van der Waals surface area contributed by atoms with E-state index in [0.29, 0.717) is 38.4 Å². The average molecular weight is 495 g/mol. The lowest BCUT2D eigenvalue weighted by molar-refractivity contribution is -0.164. The van der Waals surface area contributed by atoms with Gasteiger partial charge in [0.2, 0.25) is 0 Å². The zero-order chi connectivity index (χ0) is 26.4. The number of rotatable bonds is 6. The number of nitrogens with zero attached hydrogens (tertiary/aromatic N) is 1. The lowest BCUT2D eigenvalue weighted by Crippen LogP contribution is -2.60. The molecule has 0 aromatic carbocycles. The van der Waals surface area contributed by atoms with Crippen LogP contribution in [0.15, 0.2) is 0 Å². The summed E-state index contributed by atoms with van der Waals surface area (Å²) in [6.07, 6.45) is 2.32. The van der Waals surface area contributed by atoms with Crippen molar-refractivity contribution >= 4 is 25.2 Å². The molecule has 1 saturated carbocycles. The molecule has 0 radical (unpaired) electrons. The van der Waals surface area contributed by atoms with E-state index in [1.165, 1.54) is 18.9 Å². The van der Waals surface area contributed by atoms with Crippen LogP contribution in [0.3, 0.4) is 0 Å². The number of amides is 1. The molecule has 3 aliphatic rings. The molecule has 10 heteroatoms. The van der Waals surface area contributed by atoms with Crippen LogP contribution in [0.25, 0.3) is 0 Å². The molecule has 1 unspecified atom stereocenters. The molecule has 3 fully saturated rings. The van der Waals surface area contributed by atoms with Gasteiger partial charge in [-0.3, -0.25) is 9.69 Å². The van der Waals surface area contributed by atoms with Crippen molar-refractivity contribution in [1.29, 1.82) is 0 Å². The molecule has 3 rings (SSSR count). The number of hydrogen-bond acceptors (Lipinski definition) is 8. The number of carbonyl (C=O) groups excluding carboxylic acids is 3. The second kappa shape index (κ2) is 9.25. The van der Waals surface area contributed by atoms with Crippen LogP contribution in [0.1, 0.15) is 87.5 Å². The van der Waals surface area contributed by atoms with Gasteiger partial charge in [-0.1, -0.05) is 6.42 Å². The van der Waals surface area contributed by atoms with Crippen LogP contribution in [0.5, 0.6) is 0 Å².